The number of hydrogen-bond acceptors (Lipinski definition) is 7. The van der Waals surface area contributed by atoms with Crippen molar-refractivity contribution in [2.75, 3.05) is 25.1 Å². The third kappa shape index (κ3) is 3.34. The number of anilines is 1. The van der Waals surface area contributed by atoms with Crippen LogP contribution in [0, 0.1) is 5.82 Å². The second-order valence-corrected chi connectivity index (χ2v) is 6.30. The molecule has 0 amide bonds. The minimum absolute atomic E-state index is 0.0179. The van der Waals surface area contributed by atoms with E-state index in [1.54, 1.807) is 12.3 Å². The topological polar surface area (TPSA) is 108 Å². The van der Waals surface area contributed by atoms with E-state index in [-0.39, 0.29) is 12.4 Å². The zero-order valence-corrected chi connectivity index (χ0v) is 14.3. The zero-order valence-electron chi connectivity index (χ0n) is 13.5. The highest BCUT2D eigenvalue weighted by Gasteiger charge is 2.24. The van der Waals surface area contributed by atoms with E-state index in [2.05, 4.69) is 30.6 Å². The Morgan fingerprint density at radius 3 is 3.12 bits per heavy atom. The van der Waals surface area contributed by atoms with Gasteiger partial charge in [-0.3, -0.25) is 5.32 Å². The van der Waals surface area contributed by atoms with Crippen molar-refractivity contribution in [1.82, 2.24) is 25.3 Å². The van der Waals surface area contributed by atoms with E-state index in [1.807, 2.05) is 0 Å². The number of halogens is 2. The first-order valence-corrected chi connectivity index (χ1v) is 8.41. The molecule has 26 heavy (non-hydrogen) atoms. The van der Waals surface area contributed by atoms with E-state index in [0.29, 0.717) is 35.2 Å². The SMILES string of the molecule is OC1NCCOCC1Nc1nc(-c2c[nH]c3ncc(Cl)cc23)ncc1F. The van der Waals surface area contributed by atoms with E-state index in [4.69, 9.17) is 16.3 Å². The van der Waals surface area contributed by atoms with Gasteiger partial charge >= 0.3 is 0 Å². The van der Waals surface area contributed by atoms with Gasteiger partial charge < -0.3 is 20.1 Å². The van der Waals surface area contributed by atoms with Crippen molar-refractivity contribution in [3.05, 3.63) is 35.5 Å². The van der Waals surface area contributed by atoms with Crippen molar-refractivity contribution in [3.63, 3.8) is 0 Å². The van der Waals surface area contributed by atoms with Crippen LogP contribution in [0.5, 0.6) is 0 Å². The molecule has 4 N–H and O–H groups in total. The maximum Gasteiger partial charge on any atom is 0.183 e. The van der Waals surface area contributed by atoms with Crippen molar-refractivity contribution in [1.29, 1.82) is 0 Å². The largest absolute Gasteiger partial charge is 0.378 e. The molecule has 2 atom stereocenters. The Balaban J connectivity index is 1.68. The highest BCUT2D eigenvalue weighted by molar-refractivity contribution is 6.31. The second kappa shape index (κ2) is 7.12. The summed E-state index contributed by atoms with van der Waals surface area (Å²) >= 11 is 6.01. The number of ether oxygens (including phenoxy) is 1. The Morgan fingerprint density at radius 1 is 1.35 bits per heavy atom. The fourth-order valence-corrected chi connectivity index (χ4v) is 2.94. The Bertz CT molecular complexity index is 936. The van der Waals surface area contributed by atoms with Crippen LogP contribution in [0.1, 0.15) is 0 Å². The van der Waals surface area contributed by atoms with Gasteiger partial charge in [-0.05, 0) is 6.07 Å². The van der Waals surface area contributed by atoms with Gasteiger partial charge in [0.15, 0.2) is 17.5 Å². The lowest BCUT2D eigenvalue weighted by Gasteiger charge is -2.22. The molecular formula is C16H16ClFN6O2. The summed E-state index contributed by atoms with van der Waals surface area (Å²) in [7, 11) is 0. The van der Waals surface area contributed by atoms with Crippen LogP contribution in [0.3, 0.4) is 0 Å². The van der Waals surface area contributed by atoms with Crippen LogP contribution in [0.4, 0.5) is 10.2 Å². The molecular weight excluding hydrogens is 363 g/mol. The van der Waals surface area contributed by atoms with Crippen LogP contribution >= 0.6 is 11.6 Å². The highest BCUT2D eigenvalue weighted by atomic mass is 35.5. The molecule has 3 aromatic rings. The van der Waals surface area contributed by atoms with E-state index in [1.165, 1.54) is 6.20 Å². The van der Waals surface area contributed by atoms with Crippen LogP contribution in [0.25, 0.3) is 22.4 Å². The number of aliphatic hydroxyl groups is 1. The zero-order chi connectivity index (χ0) is 18.1. The van der Waals surface area contributed by atoms with Crippen LogP contribution in [-0.2, 0) is 4.74 Å². The molecule has 1 aliphatic heterocycles. The lowest BCUT2D eigenvalue weighted by atomic mass is 10.2. The first-order chi connectivity index (χ1) is 12.6. The minimum atomic E-state index is -0.883. The van der Waals surface area contributed by atoms with Gasteiger partial charge in [0.2, 0.25) is 0 Å². The lowest BCUT2D eigenvalue weighted by Crippen LogP contribution is -2.45. The number of hydrogen-bond donors (Lipinski definition) is 4. The average Bonchev–Trinajstić information content (AvgIpc) is 2.94. The Labute approximate surface area is 152 Å². The summed E-state index contributed by atoms with van der Waals surface area (Å²) in [5, 5.41) is 17.1. The number of pyridine rings is 1. The number of aromatic nitrogens is 4. The molecule has 0 aromatic carbocycles. The molecule has 0 aliphatic carbocycles. The molecule has 4 heterocycles. The van der Waals surface area contributed by atoms with Crippen molar-refractivity contribution in [2.24, 2.45) is 0 Å². The van der Waals surface area contributed by atoms with Gasteiger partial charge in [-0.25, -0.2) is 19.3 Å². The summed E-state index contributed by atoms with van der Waals surface area (Å²) in [5.41, 5.74) is 1.28. The lowest BCUT2D eigenvalue weighted by molar-refractivity contribution is 0.0961. The highest BCUT2D eigenvalue weighted by Crippen LogP contribution is 2.28. The average molecular weight is 379 g/mol. The van der Waals surface area contributed by atoms with E-state index in [9.17, 15) is 9.50 Å². The Kier molecular flexibility index (Phi) is 4.68. The molecule has 1 saturated heterocycles. The fraction of sp³-hybridized carbons (Fsp3) is 0.312. The summed E-state index contributed by atoms with van der Waals surface area (Å²) in [5.74, 6) is -0.335. The molecule has 0 radical (unpaired) electrons. The number of rotatable bonds is 3. The summed E-state index contributed by atoms with van der Waals surface area (Å²) in [6.07, 6.45) is 3.42. The van der Waals surface area contributed by atoms with Crippen LogP contribution in [0.15, 0.2) is 24.7 Å². The maximum absolute atomic E-state index is 14.2. The summed E-state index contributed by atoms with van der Waals surface area (Å²) in [6.45, 7) is 1.20. The van der Waals surface area contributed by atoms with Gasteiger partial charge in [-0.2, -0.15) is 0 Å². The molecule has 10 heteroatoms. The van der Waals surface area contributed by atoms with Gasteiger partial charge in [0.25, 0.3) is 0 Å². The Hall–Kier alpha value is -2.33. The molecule has 0 bridgehead atoms. The Morgan fingerprint density at radius 2 is 2.23 bits per heavy atom. The molecule has 2 unspecified atom stereocenters. The van der Waals surface area contributed by atoms with Crippen molar-refractivity contribution >= 4 is 28.5 Å². The smallest absolute Gasteiger partial charge is 0.183 e. The number of aliphatic hydroxyl groups excluding tert-OH is 1. The minimum Gasteiger partial charge on any atom is -0.378 e. The molecule has 136 valence electrons. The van der Waals surface area contributed by atoms with Crippen molar-refractivity contribution in [2.45, 2.75) is 12.3 Å². The van der Waals surface area contributed by atoms with Gasteiger partial charge in [-0.15, -0.1) is 0 Å². The van der Waals surface area contributed by atoms with Crippen LogP contribution < -0.4 is 10.6 Å². The van der Waals surface area contributed by atoms with Gasteiger partial charge in [0, 0.05) is 29.9 Å². The number of nitrogens with one attached hydrogen (secondary N) is 3. The maximum atomic E-state index is 14.2. The molecule has 0 spiro atoms. The molecule has 1 fully saturated rings. The van der Waals surface area contributed by atoms with Crippen molar-refractivity contribution in [3.8, 4) is 11.4 Å². The summed E-state index contributed by atoms with van der Waals surface area (Å²) in [4.78, 5) is 15.5. The quantitative estimate of drug-likeness (QED) is 0.547. The predicted octanol–water partition coefficient (Wildman–Crippen LogP) is 1.53. The standard InChI is InChI=1S/C16H16ClFN6O2/c17-8-3-9-10(5-21-13(9)20-4-8)14-22-6-11(18)15(24-14)23-12-7-26-2-1-19-16(12)25/h3-6,12,16,19,25H,1-2,7H2,(H,20,21)(H,22,23,24). The molecule has 0 saturated carbocycles. The predicted molar refractivity (Wildman–Crippen MR) is 94.3 cm³/mol. The third-order valence-electron chi connectivity index (χ3n) is 4.08. The van der Waals surface area contributed by atoms with Gasteiger partial charge in [-0.1, -0.05) is 11.6 Å². The third-order valence-corrected chi connectivity index (χ3v) is 4.29. The first kappa shape index (κ1) is 17.1. The van der Waals surface area contributed by atoms with Crippen LogP contribution in [0.2, 0.25) is 5.02 Å². The number of H-pyrrole nitrogens is 1. The molecule has 8 nitrogen and oxygen atoms in total. The molecule has 1 aliphatic rings. The first-order valence-electron chi connectivity index (χ1n) is 8.03. The monoisotopic (exact) mass is 378 g/mol. The number of nitrogens with zero attached hydrogens (tertiary/aromatic N) is 3. The van der Waals surface area contributed by atoms with Gasteiger partial charge in [0.1, 0.15) is 11.9 Å². The number of fused-ring (bicyclic) bond motifs is 1. The number of aromatic amines is 1. The summed E-state index contributed by atoms with van der Waals surface area (Å²) in [6, 6.07) is 1.19. The van der Waals surface area contributed by atoms with E-state index < -0.39 is 18.1 Å². The summed E-state index contributed by atoms with van der Waals surface area (Å²) < 4.78 is 19.6. The van der Waals surface area contributed by atoms with E-state index in [0.717, 1.165) is 11.6 Å². The normalized spacial score (nSPS) is 20.9. The molecule has 4 rings (SSSR count). The van der Waals surface area contributed by atoms with Crippen LogP contribution in [-0.4, -0.2) is 57.1 Å². The molecule has 3 aromatic heterocycles. The van der Waals surface area contributed by atoms with E-state index >= 15 is 0 Å². The second-order valence-electron chi connectivity index (χ2n) is 5.87. The van der Waals surface area contributed by atoms with Crippen molar-refractivity contribution < 1.29 is 14.2 Å². The van der Waals surface area contributed by atoms with Gasteiger partial charge in [0.05, 0.1) is 30.5 Å². The fourth-order valence-electron chi connectivity index (χ4n) is 2.78.